The molecule has 2 aliphatic rings. The molecule has 3 amide bonds. The number of tetrazole rings is 1. The standard InChI is InChI=1S/C38H46FN9O5/c1-44(36(51)33-24-32(12-13-34(33)53-2)48-27-40-42-43-48)25-29(28-8-10-31(39)11-9-28)14-17-45-18-15-38(16-19-45,30-6-4-3-5-7-30)41-37(52)47-22-20-46(21-23-47)26-35(49)50/h3-13,24,27,29H,14-23,25-26H2,1-2H3,(H,41,52)(H,49,50). The molecule has 15 heteroatoms. The van der Waals surface area contributed by atoms with E-state index in [-0.39, 0.29) is 30.2 Å². The van der Waals surface area contributed by atoms with Crippen molar-refractivity contribution in [3.05, 3.63) is 102 Å². The number of ether oxygens (including phenoxy) is 1. The Morgan fingerprint density at radius 3 is 2.32 bits per heavy atom. The molecule has 0 saturated carbocycles. The van der Waals surface area contributed by atoms with Crippen LogP contribution in [0.4, 0.5) is 9.18 Å². The number of carbonyl (C=O) groups excluding carboxylic acids is 2. The maximum absolute atomic E-state index is 14.0. The Morgan fingerprint density at radius 1 is 0.962 bits per heavy atom. The van der Waals surface area contributed by atoms with Crippen LogP contribution in [-0.4, -0.2) is 136 Å². The molecular weight excluding hydrogens is 681 g/mol. The molecule has 0 bridgehead atoms. The molecule has 53 heavy (non-hydrogen) atoms. The third-order valence-corrected chi connectivity index (χ3v) is 10.4. The van der Waals surface area contributed by atoms with Crippen molar-refractivity contribution in [2.24, 2.45) is 0 Å². The first-order valence-electron chi connectivity index (χ1n) is 17.9. The number of urea groups is 1. The van der Waals surface area contributed by atoms with Crippen molar-refractivity contribution in [1.29, 1.82) is 0 Å². The number of piperazine rings is 1. The van der Waals surface area contributed by atoms with Gasteiger partial charge in [0.05, 0.1) is 30.4 Å². The molecular formula is C38H46FN9O5. The summed E-state index contributed by atoms with van der Waals surface area (Å²) in [6.45, 7) is 4.56. The molecule has 1 atom stereocenters. The topological polar surface area (TPSA) is 149 Å². The van der Waals surface area contributed by atoms with Gasteiger partial charge in [-0.05, 0) is 77.7 Å². The van der Waals surface area contributed by atoms with Crippen LogP contribution in [0, 0.1) is 5.82 Å². The molecule has 3 heterocycles. The van der Waals surface area contributed by atoms with Crippen molar-refractivity contribution in [2.75, 3.05) is 73.1 Å². The first-order chi connectivity index (χ1) is 25.6. The van der Waals surface area contributed by atoms with E-state index in [9.17, 15) is 18.8 Å². The molecule has 3 aromatic carbocycles. The lowest BCUT2D eigenvalue weighted by atomic mass is 9.80. The molecule has 1 aromatic heterocycles. The number of aliphatic carboxylic acids is 1. The van der Waals surface area contributed by atoms with Crippen LogP contribution in [0.3, 0.4) is 0 Å². The Morgan fingerprint density at radius 2 is 1.68 bits per heavy atom. The number of nitrogens with one attached hydrogen (secondary N) is 1. The van der Waals surface area contributed by atoms with E-state index in [1.807, 2.05) is 23.1 Å². The van der Waals surface area contributed by atoms with Crippen LogP contribution in [0.2, 0.25) is 0 Å². The minimum atomic E-state index is -0.869. The van der Waals surface area contributed by atoms with E-state index in [2.05, 4.69) is 37.9 Å². The van der Waals surface area contributed by atoms with Gasteiger partial charge in [0.25, 0.3) is 5.91 Å². The van der Waals surface area contributed by atoms with Gasteiger partial charge >= 0.3 is 12.0 Å². The maximum Gasteiger partial charge on any atom is 0.318 e. The summed E-state index contributed by atoms with van der Waals surface area (Å²) in [5, 5.41) is 23.9. The number of halogens is 1. The Bertz CT molecular complexity index is 1830. The van der Waals surface area contributed by atoms with E-state index in [1.54, 1.807) is 47.2 Å². The number of piperidine rings is 1. The lowest BCUT2D eigenvalue weighted by Crippen LogP contribution is -2.59. The van der Waals surface area contributed by atoms with Crippen LogP contribution in [0.1, 0.15) is 46.7 Å². The summed E-state index contributed by atoms with van der Waals surface area (Å²) in [7, 11) is 3.28. The fourth-order valence-corrected chi connectivity index (χ4v) is 7.33. The molecule has 2 saturated heterocycles. The Hall–Kier alpha value is -5.41. The van der Waals surface area contributed by atoms with Crippen LogP contribution < -0.4 is 10.1 Å². The van der Waals surface area contributed by atoms with E-state index in [4.69, 9.17) is 9.84 Å². The third-order valence-electron chi connectivity index (χ3n) is 10.4. The monoisotopic (exact) mass is 727 g/mol. The number of carbonyl (C=O) groups is 3. The SMILES string of the molecule is COc1ccc(-n2cnnn2)cc1C(=O)N(C)CC(CCN1CCC(NC(=O)N2CCN(CC(=O)O)CC2)(c2ccccc2)CC1)c1ccc(F)cc1. The zero-order valence-corrected chi connectivity index (χ0v) is 30.1. The molecule has 6 rings (SSSR count). The molecule has 1 unspecified atom stereocenters. The average Bonchev–Trinajstić information content (AvgIpc) is 3.73. The van der Waals surface area contributed by atoms with E-state index in [0.717, 1.165) is 37.2 Å². The van der Waals surface area contributed by atoms with Gasteiger partial charge in [-0.15, -0.1) is 5.10 Å². The second-order valence-electron chi connectivity index (χ2n) is 13.7. The number of likely N-dealkylation sites (N-methyl/N-ethyl adjacent to an activating group) is 1. The Balaban J connectivity index is 1.12. The molecule has 0 radical (unpaired) electrons. The minimum absolute atomic E-state index is 0.0283. The molecule has 280 valence electrons. The predicted molar refractivity (Wildman–Crippen MR) is 194 cm³/mol. The summed E-state index contributed by atoms with van der Waals surface area (Å²) in [6.07, 6.45) is 3.59. The van der Waals surface area contributed by atoms with Gasteiger partial charge in [0, 0.05) is 58.8 Å². The van der Waals surface area contributed by atoms with Gasteiger partial charge in [-0.3, -0.25) is 14.5 Å². The second kappa shape index (κ2) is 16.9. The first-order valence-corrected chi connectivity index (χ1v) is 17.9. The molecule has 14 nitrogen and oxygen atoms in total. The molecule has 4 aromatic rings. The highest BCUT2D eigenvalue weighted by Crippen LogP contribution is 2.34. The van der Waals surface area contributed by atoms with E-state index in [0.29, 0.717) is 62.6 Å². The smallest absolute Gasteiger partial charge is 0.318 e. The zero-order valence-electron chi connectivity index (χ0n) is 30.1. The van der Waals surface area contributed by atoms with E-state index in [1.165, 1.54) is 30.3 Å². The number of carboxylic acids is 1. The van der Waals surface area contributed by atoms with Crippen molar-refractivity contribution >= 4 is 17.9 Å². The summed E-state index contributed by atoms with van der Waals surface area (Å²) >= 11 is 0. The predicted octanol–water partition coefficient (Wildman–Crippen LogP) is 3.46. The van der Waals surface area contributed by atoms with Crippen molar-refractivity contribution in [3.8, 4) is 11.4 Å². The number of amides is 3. The molecule has 2 aliphatic heterocycles. The van der Waals surface area contributed by atoms with Crippen LogP contribution >= 0.6 is 0 Å². The van der Waals surface area contributed by atoms with Crippen molar-refractivity contribution in [2.45, 2.75) is 30.7 Å². The van der Waals surface area contributed by atoms with E-state index >= 15 is 0 Å². The van der Waals surface area contributed by atoms with Gasteiger partial charge in [-0.25, -0.2) is 13.9 Å². The normalized spacial score (nSPS) is 16.8. The number of aromatic nitrogens is 4. The van der Waals surface area contributed by atoms with Gasteiger partial charge in [0.1, 0.15) is 17.9 Å². The molecule has 2 fully saturated rings. The lowest BCUT2D eigenvalue weighted by Gasteiger charge is -2.44. The van der Waals surface area contributed by atoms with Crippen LogP contribution in [0.15, 0.2) is 79.1 Å². The first kappa shape index (κ1) is 37.4. The van der Waals surface area contributed by atoms with Gasteiger partial charge in [0.15, 0.2) is 0 Å². The van der Waals surface area contributed by atoms with Crippen LogP contribution in [-0.2, 0) is 10.3 Å². The number of carboxylic acid groups (broad SMARTS) is 1. The highest BCUT2D eigenvalue weighted by molar-refractivity contribution is 5.97. The molecule has 0 aliphatic carbocycles. The highest BCUT2D eigenvalue weighted by atomic mass is 19.1. The number of likely N-dealkylation sites (tertiary alicyclic amines) is 1. The van der Waals surface area contributed by atoms with Gasteiger partial charge in [0.2, 0.25) is 0 Å². The van der Waals surface area contributed by atoms with Gasteiger partial charge in [-0.2, -0.15) is 0 Å². The molecule has 2 N–H and O–H groups in total. The number of benzene rings is 3. The maximum atomic E-state index is 14.0. The summed E-state index contributed by atoms with van der Waals surface area (Å²) in [5.41, 5.74) is 2.44. The zero-order chi connectivity index (χ0) is 37.4. The summed E-state index contributed by atoms with van der Waals surface area (Å²) in [5.74, 6) is -1.07. The number of hydrogen-bond acceptors (Lipinski definition) is 9. The van der Waals surface area contributed by atoms with Crippen LogP contribution in [0.5, 0.6) is 5.75 Å². The Labute approximate surface area is 308 Å². The number of methoxy groups -OCH3 is 1. The highest BCUT2D eigenvalue weighted by Gasteiger charge is 2.39. The fraction of sp³-hybridized carbons (Fsp3) is 0.421. The molecule has 0 spiro atoms. The van der Waals surface area contributed by atoms with Crippen molar-refractivity contribution in [1.82, 2.24) is 45.1 Å². The van der Waals surface area contributed by atoms with E-state index < -0.39 is 11.5 Å². The minimum Gasteiger partial charge on any atom is -0.496 e. The number of nitrogens with zero attached hydrogens (tertiary/aromatic N) is 8. The summed E-state index contributed by atoms with van der Waals surface area (Å²) < 4.78 is 21.0. The van der Waals surface area contributed by atoms with Gasteiger partial charge < -0.3 is 29.9 Å². The average molecular weight is 728 g/mol. The summed E-state index contributed by atoms with van der Waals surface area (Å²) in [4.78, 5) is 46.3. The lowest BCUT2D eigenvalue weighted by molar-refractivity contribution is -0.138. The number of rotatable bonds is 13. The fourth-order valence-electron chi connectivity index (χ4n) is 7.33. The second-order valence-corrected chi connectivity index (χ2v) is 13.7. The summed E-state index contributed by atoms with van der Waals surface area (Å²) in [6, 6.07) is 21.6. The quantitative estimate of drug-likeness (QED) is 0.210. The number of hydrogen-bond donors (Lipinski definition) is 2. The van der Waals surface area contributed by atoms with Crippen LogP contribution in [0.25, 0.3) is 5.69 Å². The Kier molecular flexibility index (Phi) is 11.9. The largest absolute Gasteiger partial charge is 0.496 e. The third kappa shape index (κ3) is 9.15. The van der Waals surface area contributed by atoms with Crippen molar-refractivity contribution < 1.29 is 28.6 Å². The van der Waals surface area contributed by atoms with Crippen molar-refractivity contribution in [3.63, 3.8) is 0 Å². The van der Waals surface area contributed by atoms with Gasteiger partial charge in [-0.1, -0.05) is 42.5 Å².